The van der Waals surface area contributed by atoms with Gasteiger partial charge in [0.05, 0.1) is 0 Å². The fourth-order valence-corrected chi connectivity index (χ4v) is 2.70. The second-order valence-corrected chi connectivity index (χ2v) is 20.4. The molecule has 0 radical (unpaired) electrons. The van der Waals surface area contributed by atoms with E-state index in [-0.39, 0.29) is 0 Å². The van der Waals surface area contributed by atoms with Gasteiger partial charge in [0.2, 0.25) is 0 Å². The predicted molar refractivity (Wildman–Crippen MR) is 75.6 cm³/mol. The zero-order valence-corrected chi connectivity index (χ0v) is 12.9. The van der Waals surface area contributed by atoms with Crippen molar-refractivity contribution in [1.29, 1.82) is 0 Å². The lowest BCUT2D eigenvalue weighted by Gasteiger charge is -2.21. The van der Waals surface area contributed by atoms with Crippen LogP contribution in [0.4, 0.5) is 0 Å². The van der Waals surface area contributed by atoms with Crippen LogP contribution >= 0.6 is 46.5 Å². The molecule has 0 aromatic carbocycles. The zero-order chi connectivity index (χ0) is 9.83. The molecular weight excluding hydrogens is 320 g/mol. The largest absolute Gasteiger partial charge is 0.185 e. The third-order valence-electron chi connectivity index (χ3n) is 1.15. The van der Waals surface area contributed by atoms with Crippen LogP contribution in [-0.2, 0) is 0 Å². The van der Waals surface area contributed by atoms with E-state index in [1.165, 1.54) is 11.5 Å². The Morgan fingerprint density at radius 3 is 1.25 bits per heavy atom. The molecule has 0 N–H and O–H groups in total. The first kappa shape index (κ1) is 13.4. The Hall–Kier alpha value is 1.40. The van der Waals surface area contributed by atoms with E-state index in [0.29, 0.717) is 0 Å². The molecule has 0 nitrogen and oxygen atoms in total. The molecule has 0 amide bonds. The van der Waals surface area contributed by atoms with Gasteiger partial charge in [-0.25, -0.2) is 0 Å². The molecule has 0 saturated carbocycles. The quantitative estimate of drug-likeness (QED) is 0.671. The van der Waals surface area contributed by atoms with Gasteiger partial charge in [0.1, 0.15) is 0 Å². The van der Waals surface area contributed by atoms with Gasteiger partial charge in [-0.15, -0.1) is 0 Å². The van der Waals surface area contributed by atoms with Crippen LogP contribution in [0.2, 0.25) is 0 Å². The van der Waals surface area contributed by atoms with Crippen LogP contribution in [0.3, 0.4) is 0 Å². The molecule has 0 bridgehead atoms. The third kappa shape index (κ3) is 11.4. The van der Waals surface area contributed by atoms with Gasteiger partial charge in [-0.2, -0.15) is 16.9 Å². The summed E-state index contributed by atoms with van der Waals surface area (Å²) in [6.07, 6.45) is 13.7. The first-order valence-electron chi connectivity index (χ1n) is 3.67. The molecule has 0 rings (SSSR count). The molecule has 0 aromatic heterocycles. The van der Waals surface area contributed by atoms with Crippen LogP contribution in [0.15, 0.2) is 12.2 Å². The standard InChI is InChI=1S/C8H18Br2S2/c1-11(2,9)7-5-6-8-12(3,4)10/h5-6H,7-8H2,1-4H3/b6-5+. The summed E-state index contributed by atoms with van der Waals surface area (Å²) in [5, 5.41) is 0. The van der Waals surface area contributed by atoms with E-state index in [2.05, 4.69) is 66.8 Å². The summed E-state index contributed by atoms with van der Waals surface area (Å²) in [6.45, 7) is 0. The van der Waals surface area contributed by atoms with Gasteiger partial charge in [0, 0.05) is 11.5 Å². The summed E-state index contributed by atoms with van der Waals surface area (Å²) >= 11 is 7.37. The molecule has 0 aliphatic rings. The van der Waals surface area contributed by atoms with E-state index in [1.807, 2.05) is 0 Å². The van der Waals surface area contributed by atoms with Crippen molar-refractivity contribution in [2.75, 3.05) is 36.5 Å². The number of hydrogen-bond donors (Lipinski definition) is 0. The van der Waals surface area contributed by atoms with Crippen LogP contribution in [0.5, 0.6) is 0 Å². The predicted octanol–water partition coefficient (Wildman–Crippen LogP) is 4.29. The fourth-order valence-electron chi connectivity index (χ4n) is 0.594. The lowest BCUT2D eigenvalue weighted by atomic mass is 10.6. The van der Waals surface area contributed by atoms with Crippen LogP contribution in [0.1, 0.15) is 0 Å². The smallest absolute Gasteiger partial charge is 0.00393 e. The van der Waals surface area contributed by atoms with Gasteiger partial charge in [0.15, 0.2) is 0 Å². The van der Waals surface area contributed by atoms with Gasteiger partial charge in [0.25, 0.3) is 0 Å². The van der Waals surface area contributed by atoms with E-state index in [4.69, 9.17) is 0 Å². The zero-order valence-electron chi connectivity index (χ0n) is 8.14. The van der Waals surface area contributed by atoms with Gasteiger partial charge in [-0.1, -0.05) is 12.2 Å². The molecule has 0 aromatic rings. The van der Waals surface area contributed by atoms with Crippen molar-refractivity contribution >= 4 is 46.5 Å². The van der Waals surface area contributed by atoms with Crippen molar-refractivity contribution in [1.82, 2.24) is 0 Å². The Balaban J connectivity index is 3.66. The highest BCUT2D eigenvalue weighted by molar-refractivity contribution is 9.58. The lowest BCUT2D eigenvalue weighted by Crippen LogP contribution is -1.91. The van der Waals surface area contributed by atoms with Crippen molar-refractivity contribution in [2.24, 2.45) is 0 Å². The monoisotopic (exact) mass is 336 g/mol. The summed E-state index contributed by atoms with van der Waals surface area (Å²) in [5.41, 5.74) is 0. The van der Waals surface area contributed by atoms with Crippen molar-refractivity contribution < 1.29 is 0 Å². The van der Waals surface area contributed by atoms with Gasteiger partial charge >= 0.3 is 0 Å². The van der Waals surface area contributed by atoms with Crippen LogP contribution < -0.4 is 0 Å². The minimum atomic E-state index is -0.522. The van der Waals surface area contributed by atoms with Crippen LogP contribution in [0.25, 0.3) is 0 Å². The molecule has 76 valence electrons. The molecule has 0 heterocycles. The number of halogens is 2. The Labute approximate surface area is 94.6 Å². The van der Waals surface area contributed by atoms with Crippen molar-refractivity contribution in [3.05, 3.63) is 12.2 Å². The Kier molecular flexibility index (Phi) is 5.94. The molecule has 0 aliphatic heterocycles. The van der Waals surface area contributed by atoms with Gasteiger partial charge in [-0.05, 0) is 54.6 Å². The van der Waals surface area contributed by atoms with Crippen LogP contribution in [0, 0.1) is 0 Å². The molecule has 0 spiro atoms. The Morgan fingerprint density at radius 2 is 1.08 bits per heavy atom. The average Bonchev–Trinajstić information content (AvgIpc) is 1.76. The summed E-state index contributed by atoms with van der Waals surface area (Å²) in [7, 11) is -1.04. The topological polar surface area (TPSA) is 0 Å². The summed E-state index contributed by atoms with van der Waals surface area (Å²) in [5.74, 6) is 2.35. The maximum absolute atomic E-state index is 3.69. The molecule has 0 aliphatic carbocycles. The highest BCUT2D eigenvalue weighted by Crippen LogP contribution is 2.49. The van der Waals surface area contributed by atoms with Gasteiger partial charge in [-0.3, -0.25) is 0 Å². The third-order valence-corrected chi connectivity index (χ3v) is 4.71. The maximum atomic E-state index is 3.69. The number of hydrogen-bond acceptors (Lipinski definition) is 0. The minimum absolute atomic E-state index is 0.522. The summed E-state index contributed by atoms with van der Waals surface area (Å²) < 4.78 is 0. The SMILES string of the molecule is CS(C)(Br)C/C=C/CS(C)(C)Br. The van der Waals surface area contributed by atoms with Crippen molar-refractivity contribution in [3.63, 3.8) is 0 Å². The summed E-state index contributed by atoms with van der Waals surface area (Å²) in [6, 6.07) is 0. The normalized spacial score (nSPS) is 16.8. The van der Waals surface area contributed by atoms with Crippen molar-refractivity contribution in [2.45, 2.75) is 0 Å². The van der Waals surface area contributed by atoms with E-state index < -0.39 is 16.9 Å². The first-order chi connectivity index (χ1) is 5.21. The van der Waals surface area contributed by atoms with E-state index >= 15 is 0 Å². The molecule has 4 heteroatoms. The minimum Gasteiger partial charge on any atom is -0.185 e. The first-order valence-corrected chi connectivity index (χ1v) is 12.6. The lowest BCUT2D eigenvalue weighted by molar-refractivity contribution is 1.64. The Bertz CT molecular complexity index is 135. The molecule has 0 atom stereocenters. The summed E-state index contributed by atoms with van der Waals surface area (Å²) in [4.78, 5) is 0. The molecule has 0 saturated heterocycles. The van der Waals surface area contributed by atoms with E-state index in [0.717, 1.165) is 0 Å². The van der Waals surface area contributed by atoms with E-state index in [9.17, 15) is 0 Å². The van der Waals surface area contributed by atoms with Crippen LogP contribution in [-0.4, -0.2) is 36.5 Å². The highest BCUT2D eigenvalue weighted by Gasteiger charge is 2.04. The number of rotatable bonds is 4. The van der Waals surface area contributed by atoms with E-state index in [1.54, 1.807) is 0 Å². The fraction of sp³-hybridized carbons (Fsp3) is 0.750. The second-order valence-electron chi connectivity index (χ2n) is 3.61. The van der Waals surface area contributed by atoms with Gasteiger partial charge < -0.3 is 0 Å². The Morgan fingerprint density at radius 1 is 0.833 bits per heavy atom. The van der Waals surface area contributed by atoms with Crippen molar-refractivity contribution in [3.8, 4) is 0 Å². The molecule has 0 fully saturated rings. The molecule has 0 unspecified atom stereocenters. The second kappa shape index (κ2) is 5.32. The average molecular weight is 338 g/mol. The highest BCUT2D eigenvalue weighted by atomic mass is 79.9. The maximum Gasteiger partial charge on any atom is 0.00393 e. The molecule has 12 heavy (non-hydrogen) atoms. The molecular formula is C8H18Br2S2.